The van der Waals surface area contributed by atoms with E-state index in [1.165, 1.54) is 0 Å². The molecule has 0 amide bonds. The first-order valence-corrected chi connectivity index (χ1v) is 7.32. The Balaban J connectivity index is 2.33. The molecule has 1 N–H and O–H groups in total. The number of thiocarbonyl (C=S) groups is 2. The molecule has 0 aliphatic heterocycles. The molecule has 0 saturated heterocycles. The third kappa shape index (κ3) is 2.85. The lowest BCUT2D eigenvalue weighted by Crippen LogP contribution is -2.00. The SMILES string of the molecule is OCn1c(-c2ccccn2)nc2cc(N=C=S)c(N=C=S)cc21. The minimum absolute atomic E-state index is 0.251. The normalized spacial score (nSPS) is 10.1. The summed E-state index contributed by atoms with van der Waals surface area (Å²) in [4.78, 5) is 16.7. The summed E-state index contributed by atoms with van der Waals surface area (Å²) in [5.41, 5.74) is 2.93. The number of aliphatic hydroxyl groups is 1. The van der Waals surface area contributed by atoms with E-state index >= 15 is 0 Å². The van der Waals surface area contributed by atoms with Crippen molar-refractivity contribution >= 4 is 57.2 Å². The first-order valence-electron chi connectivity index (χ1n) is 6.50. The maximum Gasteiger partial charge on any atom is 0.161 e. The maximum absolute atomic E-state index is 9.74. The summed E-state index contributed by atoms with van der Waals surface area (Å²) in [5.74, 6) is 0.545. The highest BCUT2D eigenvalue weighted by molar-refractivity contribution is 7.78. The zero-order chi connectivity index (χ0) is 16.2. The molecule has 2 aromatic heterocycles. The molecular weight excluding hydrogens is 330 g/mol. The molecule has 0 radical (unpaired) electrons. The highest BCUT2D eigenvalue weighted by Gasteiger charge is 2.15. The topological polar surface area (TPSA) is 75.7 Å². The number of hydrogen-bond donors (Lipinski definition) is 1. The fourth-order valence-corrected chi connectivity index (χ4v) is 2.46. The van der Waals surface area contributed by atoms with Gasteiger partial charge < -0.3 is 5.11 Å². The van der Waals surface area contributed by atoms with Crippen LogP contribution in [-0.4, -0.2) is 30.0 Å². The molecule has 0 spiro atoms. The second kappa shape index (κ2) is 6.66. The van der Waals surface area contributed by atoms with E-state index in [9.17, 15) is 5.11 Å². The van der Waals surface area contributed by atoms with Crippen LogP contribution in [0.1, 0.15) is 0 Å². The lowest BCUT2D eigenvalue weighted by Gasteiger charge is -2.05. The smallest absolute Gasteiger partial charge is 0.161 e. The number of pyridine rings is 1. The third-order valence-electron chi connectivity index (χ3n) is 3.21. The van der Waals surface area contributed by atoms with Crippen molar-refractivity contribution in [3.05, 3.63) is 36.5 Å². The number of imidazole rings is 1. The molecule has 112 valence electrons. The van der Waals surface area contributed by atoms with E-state index in [-0.39, 0.29) is 6.73 Å². The Morgan fingerprint density at radius 3 is 2.48 bits per heavy atom. The Hall–Kier alpha value is -2.60. The number of isothiocyanates is 2. The van der Waals surface area contributed by atoms with Crippen LogP contribution in [0.25, 0.3) is 22.6 Å². The van der Waals surface area contributed by atoms with Crippen molar-refractivity contribution in [3.63, 3.8) is 0 Å². The Bertz CT molecular complexity index is 970. The Morgan fingerprint density at radius 2 is 1.87 bits per heavy atom. The van der Waals surface area contributed by atoms with E-state index in [1.54, 1.807) is 22.9 Å². The number of aliphatic imine (C=N–C) groups is 2. The number of fused-ring (bicyclic) bond motifs is 1. The molecule has 0 fully saturated rings. The van der Waals surface area contributed by atoms with Crippen molar-refractivity contribution in [1.82, 2.24) is 14.5 Å². The number of benzene rings is 1. The molecule has 1 aromatic carbocycles. The quantitative estimate of drug-likeness (QED) is 0.581. The molecule has 3 aromatic rings. The fourth-order valence-electron chi connectivity index (χ4n) is 2.26. The van der Waals surface area contributed by atoms with Gasteiger partial charge >= 0.3 is 0 Å². The molecule has 0 atom stereocenters. The van der Waals surface area contributed by atoms with Crippen LogP contribution in [0.15, 0.2) is 46.5 Å². The molecule has 0 bridgehead atoms. The summed E-state index contributed by atoms with van der Waals surface area (Å²) < 4.78 is 1.63. The lowest BCUT2D eigenvalue weighted by atomic mass is 10.2. The first kappa shape index (κ1) is 15.3. The third-order valence-corrected chi connectivity index (χ3v) is 3.39. The monoisotopic (exact) mass is 339 g/mol. The Kier molecular flexibility index (Phi) is 4.43. The van der Waals surface area contributed by atoms with Crippen molar-refractivity contribution < 1.29 is 5.11 Å². The summed E-state index contributed by atoms with van der Waals surface area (Å²) >= 11 is 9.31. The highest BCUT2D eigenvalue weighted by atomic mass is 32.1. The molecule has 6 nitrogen and oxygen atoms in total. The van der Waals surface area contributed by atoms with Crippen LogP contribution in [0.2, 0.25) is 0 Å². The van der Waals surface area contributed by atoms with Crippen LogP contribution in [0.4, 0.5) is 11.4 Å². The second-order valence-corrected chi connectivity index (χ2v) is 4.82. The van der Waals surface area contributed by atoms with Crippen LogP contribution in [0.3, 0.4) is 0 Å². The fraction of sp³-hybridized carbons (Fsp3) is 0.0667. The maximum atomic E-state index is 9.74. The van der Waals surface area contributed by atoms with Gasteiger partial charge in [0.1, 0.15) is 23.8 Å². The van der Waals surface area contributed by atoms with Gasteiger partial charge in [-0.05, 0) is 48.7 Å². The minimum Gasteiger partial charge on any atom is -0.376 e. The standard InChI is InChI=1S/C15H9N5OS2/c21-9-20-14-6-12(18-8-23)11(17-7-22)5-13(14)19-15(20)10-3-1-2-4-16-10/h1-6,21H,9H2. The second-order valence-electron chi connectivity index (χ2n) is 4.46. The van der Waals surface area contributed by atoms with Crippen LogP contribution in [0.5, 0.6) is 0 Å². The number of rotatable bonds is 4. The molecule has 0 saturated carbocycles. The number of hydrogen-bond acceptors (Lipinski definition) is 7. The van der Waals surface area contributed by atoms with Crippen LogP contribution in [-0.2, 0) is 6.73 Å². The zero-order valence-corrected chi connectivity index (χ0v) is 13.3. The van der Waals surface area contributed by atoms with Gasteiger partial charge in [-0.3, -0.25) is 9.55 Å². The molecule has 23 heavy (non-hydrogen) atoms. The average molecular weight is 339 g/mol. The van der Waals surface area contributed by atoms with Crippen molar-refractivity contribution in [2.45, 2.75) is 6.73 Å². The van der Waals surface area contributed by atoms with Gasteiger partial charge in [-0.2, -0.15) is 9.98 Å². The highest BCUT2D eigenvalue weighted by Crippen LogP contribution is 2.34. The van der Waals surface area contributed by atoms with E-state index in [0.29, 0.717) is 33.9 Å². The van der Waals surface area contributed by atoms with Crippen LogP contribution < -0.4 is 0 Å². The summed E-state index contributed by atoms with van der Waals surface area (Å²) in [6, 6.07) is 8.91. The number of nitrogens with zero attached hydrogens (tertiary/aromatic N) is 5. The molecule has 0 aliphatic carbocycles. The van der Waals surface area contributed by atoms with E-state index in [0.717, 1.165) is 0 Å². The van der Waals surface area contributed by atoms with E-state index in [2.05, 4.69) is 54.7 Å². The summed E-state index contributed by atoms with van der Waals surface area (Å²) in [5, 5.41) is 14.3. The summed E-state index contributed by atoms with van der Waals surface area (Å²) in [7, 11) is 0. The van der Waals surface area contributed by atoms with Gasteiger partial charge in [0.2, 0.25) is 0 Å². The first-order chi connectivity index (χ1) is 11.3. The lowest BCUT2D eigenvalue weighted by molar-refractivity contribution is 0.216. The van der Waals surface area contributed by atoms with Crippen LogP contribution >= 0.6 is 24.4 Å². The van der Waals surface area contributed by atoms with E-state index in [1.807, 2.05) is 18.2 Å². The van der Waals surface area contributed by atoms with Gasteiger partial charge in [-0.15, -0.1) is 0 Å². The molecular formula is C15H9N5OS2. The molecule has 0 unspecified atom stereocenters. The van der Waals surface area contributed by atoms with E-state index < -0.39 is 0 Å². The van der Waals surface area contributed by atoms with Gasteiger partial charge in [0.15, 0.2) is 5.82 Å². The average Bonchev–Trinajstić information content (AvgIpc) is 2.94. The van der Waals surface area contributed by atoms with Crippen molar-refractivity contribution in [3.8, 4) is 11.5 Å². The van der Waals surface area contributed by atoms with Gasteiger partial charge in [0.05, 0.1) is 21.4 Å². The summed E-state index contributed by atoms with van der Waals surface area (Å²) in [6.45, 7) is -0.251. The number of aromatic nitrogens is 3. The summed E-state index contributed by atoms with van der Waals surface area (Å²) in [6.07, 6.45) is 1.67. The van der Waals surface area contributed by atoms with Gasteiger partial charge in [0, 0.05) is 6.20 Å². The van der Waals surface area contributed by atoms with Crippen molar-refractivity contribution in [2.24, 2.45) is 9.98 Å². The van der Waals surface area contributed by atoms with E-state index in [4.69, 9.17) is 0 Å². The molecule has 2 heterocycles. The van der Waals surface area contributed by atoms with Crippen molar-refractivity contribution in [2.75, 3.05) is 0 Å². The zero-order valence-electron chi connectivity index (χ0n) is 11.7. The minimum atomic E-state index is -0.251. The molecule has 0 aliphatic rings. The van der Waals surface area contributed by atoms with Gasteiger partial charge in [0.25, 0.3) is 0 Å². The van der Waals surface area contributed by atoms with Gasteiger partial charge in [-0.1, -0.05) is 6.07 Å². The predicted molar refractivity (Wildman–Crippen MR) is 94.6 cm³/mol. The molecule has 8 heteroatoms. The van der Waals surface area contributed by atoms with Gasteiger partial charge in [-0.25, -0.2) is 4.98 Å². The predicted octanol–water partition coefficient (Wildman–Crippen LogP) is 3.52. The largest absolute Gasteiger partial charge is 0.376 e. The Morgan fingerprint density at radius 1 is 1.13 bits per heavy atom. The van der Waals surface area contributed by atoms with Crippen molar-refractivity contribution in [1.29, 1.82) is 0 Å². The number of aliphatic hydroxyl groups excluding tert-OH is 1. The Labute approximate surface area is 141 Å². The van der Waals surface area contributed by atoms with Crippen LogP contribution in [0, 0.1) is 0 Å². The molecule has 3 rings (SSSR count).